The van der Waals surface area contributed by atoms with E-state index in [9.17, 15) is 15.0 Å². The van der Waals surface area contributed by atoms with Crippen molar-refractivity contribution in [3.05, 3.63) is 29.8 Å². The number of carboxylic acid groups (broad SMARTS) is 1. The van der Waals surface area contributed by atoms with Crippen LogP contribution in [0.1, 0.15) is 37.2 Å². The number of aliphatic carboxylic acids is 1. The second kappa shape index (κ2) is 4.56. The Labute approximate surface area is 94.7 Å². The SMILES string of the molecule is O=C(O)[C@H](c1ccc(O)cc1)C1CCCC1. The second-order valence-electron chi connectivity index (χ2n) is 4.45. The summed E-state index contributed by atoms with van der Waals surface area (Å²) in [6, 6.07) is 6.54. The number of phenolic OH excluding ortho intramolecular Hbond substituents is 1. The molecule has 0 bridgehead atoms. The van der Waals surface area contributed by atoms with Crippen LogP contribution >= 0.6 is 0 Å². The van der Waals surface area contributed by atoms with Gasteiger partial charge in [0.15, 0.2) is 0 Å². The van der Waals surface area contributed by atoms with Crippen LogP contribution in [0, 0.1) is 5.92 Å². The molecule has 3 heteroatoms. The summed E-state index contributed by atoms with van der Waals surface area (Å²) in [6.07, 6.45) is 4.26. The van der Waals surface area contributed by atoms with E-state index >= 15 is 0 Å². The van der Waals surface area contributed by atoms with Crippen molar-refractivity contribution in [3.63, 3.8) is 0 Å². The van der Waals surface area contributed by atoms with Gasteiger partial charge in [-0.25, -0.2) is 0 Å². The Balaban J connectivity index is 2.24. The summed E-state index contributed by atoms with van der Waals surface area (Å²) < 4.78 is 0. The van der Waals surface area contributed by atoms with Gasteiger partial charge in [-0.2, -0.15) is 0 Å². The summed E-state index contributed by atoms with van der Waals surface area (Å²) >= 11 is 0. The number of aromatic hydroxyl groups is 1. The van der Waals surface area contributed by atoms with E-state index in [1.54, 1.807) is 24.3 Å². The summed E-state index contributed by atoms with van der Waals surface area (Å²) in [4.78, 5) is 11.3. The van der Waals surface area contributed by atoms with Crippen LogP contribution in [0.5, 0.6) is 5.75 Å². The molecule has 16 heavy (non-hydrogen) atoms. The highest BCUT2D eigenvalue weighted by Gasteiger charge is 2.31. The molecule has 0 spiro atoms. The molecule has 1 aliphatic rings. The number of hydrogen-bond donors (Lipinski definition) is 2. The summed E-state index contributed by atoms with van der Waals surface area (Å²) in [5.41, 5.74) is 0.803. The Hall–Kier alpha value is -1.51. The van der Waals surface area contributed by atoms with E-state index in [0.717, 1.165) is 31.2 Å². The van der Waals surface area contributed by atoms with Gasteiger partial charge in [-0.05, 0) is 36.5 Å². The van der Waals surface area contributed by atoms with Gasteiger partial charge < -0.3 is 10.2 Å². The molecule has 1 aliphatic carbocycles. The van der Waals surface area contributed by atoms with Crippen molar-refractivity contribution in [2.45, 2.75) is 31.6 Å². The van der Waals surface area contributed by atoms with E-state index < -0.39 is 11.9 Å². The molecule has 1 aromatic rings. The molecule has 0 amide bonds. The van der Waals surface area contributed by atoms with E-state index in [1.165, 1.54) is 0 Å². The van der Waals surface area contributed by atoms with Gasteiger partial charge in [0.05, 0.1) is 5.92 Å². The van der Waals surface area contributed by atoms with E-state index in [1.807, 2.05) is 0 Å². The molecular formula is C13H16O3. The van der Waals surface area contributed by atoms with Crippen molar-refractivity contribution >= 4 is 5.97 Å². The first-order valence-corrected chi connectivity index (χ1v) is 5.70. The molecule has 2 N–H and O–H groups in total. The Morgan fingerprint density at radius 3 is 2.25 bits per heavy atom. The molecule has 0 saturated heterocycles. The molecule has 0 aromatic heterocycles. The molecule has 2 rings (SSSR count). The van der Waals surface area contributed by atoms with Gasteiger partial charge in [0.2, 0.25) is 0 Å². The third kappa shape index (κ3) is 2.18. The number of rotatable bonds is 3. The van der Waals surface area contributed by atoms with Crippen molar-refractivity contribution < 1.29 is 15.0 Å². The third-order valence-corrected chi connectivity index (χ3v) is 3.39. The molecule has 0 aliphatic heterocycles. The monoisotopic (exact) mass is 220 g/mol. The molecule has 0 unspecified atom stereocenters. The van der Waals surface area contributed by atoms with Crippen molar-refractivity contribution in [2.24, 2.45) is 5.92 Å². The number of carbonyl (C=O) groups is 1. The fourth-order valence-electron chi connectivity index (χ4n) is 2.59. The lowest BCUT2D eigenvalue weighted by molar-refractivity contribution is -0.140. The average Bonchev–Trinajstić information content (AvgIpc) is 2.74. The molecule has 3 nitrogen and oxygen atoms in total. The lowest BCUT2D eigenvalue weighted by Crippen LogP contribution is -2.19. The third-order valence-electron chi connectivity index (χ3n) is 3.39. The fraction of sp³-hybridized carbons (Fsp3) is 0.462. The maximum Gasteiger partial charge on any atom is 0.311 e. The van der Waals surface area contributed by atoms with Gasteiger partial charge in [-0.3, -0.25) is 4.79 Å². The molecular weight excluding hydrogens is 204 g/mol. The van der Waals surface area contributed by atoms with Crippen LogP contribution in [0.4, 0.5) is 0 Å². The van der Waals surface area contributed by atoms with Gasteiger partial charge in [-0.15, -0.1) is 0 Å². The highest BCUT2D eigenvalue weighted by molar-refractivity contribution is 5.76. The Morgan fingerprint density at radius 1 is 1.19 bits per heavy atom. The number of carboxylic acids is 1. The van der Waals surface area contributed by atoms with Crippen molar-refractivity contribution in [1.82, 2.24) is 0 Å². The predicted molar refractivity (Wildman–Crippen MR) is 60.4 cm³/mol. The van der Waals surface area contributed by atoms with Crippen LogP contribution < -0.4 is 0 Å². The zero-order valence-corrected chi connectivity index (χ0v) is 9.10. The summed E-state index contributed by atoms with van der Waals surface area (Å²) in [6.45, 7) is 0. The lowest BCUT2D eigenvalue weighted by atomic mass is 9.85. The van der Waals surface area contributed by atoms with Crippen molar-refractivity contribution in [2.75, 3.05) is 0 Å². The normalized spacial score (nSPS) is 18.5. The van der Waals surface area contributed by atoms with Crippen LogP contribution in [0.3, 0.4) is 0 Å². The Bertz CT molecular complexity index is 363. The van der Waals surface area contributed by atoms with E-state index in [0.29, 0.717) is 0 Å². The predicted octanol–water partition coefficient (Wildman–Crippen LogP) is 2.75. The van der Waals surface area contributed by atoms with Crippen LogP contribution in [0.25, 0.3) is 0 Å². The standard InChI is InChI=1S/C13H16O3/c14-11-7-5-10(6-8-11)12(13(15)16)9-3-1-2-4-9/h5-9,12,14H,1-4H2,(H,15,16)/t12-/m0/s1. The minimum atomic E-state index is -0.752. The average molecular weight is 220 g/mol. The maximum atomic E-state index is 11.3. The van der Waals surface area contributed by atoms with E-state index in [-0.39, 0.29) is 11.7 Å². The molecule has 1 aromatic carbocycles. The second-order valence-corrected chi connectivity index (χ2v) is 4.45. The van der Waals surface area contributed by atoms with Crippen molar-refractivity contribution in [3.8, 4) is 5.75 Å². The molecule has 1 fully saturated rings. The largest absolute Gasteiger partial charge is 0.508 e. The topological polar surface area (TPSA) is 57.5 Å². The van der Waals surface area contributed by atoms with E-state index in [2.05, 4.69) is 0 Å². The number of phenols is 1. The minimum Gasteiger partial charge on any atom is -0.508 e. The van der Waals surface area contributed by atoms with Crippen LogP contribution in [-0.2, 0) is 4.79 Å². The number of hydrogen-bond acceptors (Lipinski definition) is 2. The molecule has 1 saturated carbocycles. The molecule has 1 atom stereocenters. The zero-order chi connectivity index (χ0) is 11.5. The van der Waals surface area contributed by atoms with Crippen LogP contribution in [0.2, 0.25) is 0 Å². The summed E-state index contributed by atoms with van der Waals surface area (Å²) in [7, 11) is 0. The Kier molecular flexibility index (Phi) is 3.13. The number of benzene rings is 1. The van der Waals surface area contributed by atoms with Gasteiger partial charge in [0.25, 0.3) is 0 Å². The maximum absolute atomic E-state index is 11.3. The first-order chi connectivity index (χ1) is 7.68. The van der Waals surface area contributed by atoms with Crippen molar-refractivity contribution in [1.29, 1.82) is 0 Å². The first kappa shape index (κ1) is 11.0. The zero-order valence-electron chi connectivity index (χ0n) is 9.10. The molecule has 86 valence electrons. The van der Waals surface area contributed by atoms with Crippen LogP contribution in [0.15, 0.2) is 24.3 Å². The minimum absolute atomic E-state index is 0.180. The fourth-order valence-corrected chi connectivity index (χ4v) is 2.59. The van der Waals surface area contributed by atoms with Crippen LogP contribution in [-0.4, -0.2) is 16.2 Å². The smallest absolute Gasteiger partial charge is 0.311 e. The van der Waals surface area contributed by atoms with Gasteiger partial charge in [-0.1, -0.05) is 25.0 Å². The van der Waals surface area contributed by atoms with E-state index in [4.69, 9.17) is 0 Å². The first-order valence-electron chi connectivity index (χ1n) is 5.70. The van der Waals surface area contributed by atoms with Gasteiger partial charge in [0.1, 0.15) is 5.75 Å². The molecule has 0 radical (unpaired) electrons. The highest BCUT2D eigenvalue weighted by atomic mass is 16.4. The Morgan fingerprint density at radius 2 is 1.75 bits per heavy atom. The summed E-state index contributed by atoms with van der Waals surface area (Å²) in [5.74, 6) is -0.734. The quantitative estimate of drug-likeness (QED) is 0.823. The van der Waals surface area contributed by atoms with Gasteiger partial charge >= 0.3 is 5.97 Å². The van der Waals surface area contributed by atoms with Gasteiger partial charge in [0, 0.05) is 0 Å². The summed E-state index contributed by atoms with van der Waals surface area (Å²) in [5, 5.41) is 18.5. The highest BCUT2D eigenvalue weighted by Crippen LogP contribution is 2.37. The molecule has 0 heterocycles. The lowest BCUT2D eigenvalue weighted by Gasteiger charge is -2.19.